The number of benzene rings is 1. The van der Waals surface area contributed by atoms with E-state index in [0.29, 0.717) is 0 Å². The van der Waals surface area contributed by atoms with E-state index in [9.17, 15) is 4.39 Å². The zero-order valence-corrected chi connectivity index (χ0v) is 9.63. The summed E-state index contributed by atoms with van der Waals surface area (Å²) in [6.45, 7) is 0. The molecular weight excluding hydrogens is 278 g/mol. The van der Waals surface area contributed by atoms with Gasteiger partial charge in [0.15, 0.2) is 5.82 Å². The summed E-state index contributed by atoms with van der Waals surface area (Å²) in [5, 5.41) is 0.822. The third kappa shape index (κ3) is 2.97. The van der Waals surface area contributed by atoms with Gasteiger partial charge in [-0.3, -0.25) is 0 Å². The molecule has 4 heteroatoms. The lowest BCUT2D eigenvalue weighted by Gasteiger charge is -1.99. The normalized spacial score (nSPS) is 11.1. The van der Waals surface area contributed by atoms with E-state index in [0.717, 1.165) is 10.9 Å². The van der Waals surface area contributed by atoms with Crippen LogP contribution in [-0.2, 0) is 0 Å². The van der Waals surface area contributed by atoms with Crippen molar-refractivity contribution >= 4 is 45.2 Å². The Balaban J connectivity index is 3.06. The maximum absolute atomic E-state index is 12.9. The summed E-state index contributed by atoms with van der Waals surface area (Å²) in [4.78, 5) is 0. The molecule has 0 bridgehead atoms. The molecule has 0 aliphatic rings. The smallest absolute Gasteiger partial charge is 0.160 e. The van der Waals surface area contributed by atoms with E-state index < -0.39 is 5.82 Å². The van der Waals surface area contributed by atoms with Gasteiger partial charge in [0.2, 0.25) is 0 Å². The van der Waals surface area contributed by atoms with Gasteiger partial charge in [0.05, 0.1) is 10.0 Å². The molecule has 0 radical (unpaired) electrons. The van der Waals surface area contributed by atoms with Gasteiger partial charge in [0.25, 0.3) is 0 Å². The Hall–Kier alpha value is -0.0500. The molecule has 0 N–H and O–H groups in total. The molecule has 0 amide bonds. The zero-order chi connectivity index (χ0) is 9.84. The number of halogens is 4. The van der Waals surface area contributed by atoms with Crippen molar-refractivity contribution in [2.24, 2.45) is 0 Å². The number of hydrogen-bond acceptors (Lipinski definition) is 0. The summed E-state index contributed by atoms with van der Waals surface area (Å²) in [5.74, 6) is -0.570. The molecule has 0 aliphatic carbocycles. The standard InChI is InChI=1S/C9H6BrCl2F/c10-3-1-2-6-4-7(11)9(13)8(12)5-6/h1-2,4-5H,3H2. The number of allylic oxidation sites excluding steroid dienone is 1. The van der Waals surface area contributed by atoms with E-state index in [1.54, 1.807) is 0 Å². The fourth-order valence-electron chi connectivity index (χ4n) is 0.852. The van der Waals surface area contributed by atoms with E-state index >= 15 is 0 Å². The molecule has 0 saturated carbocycles. The summed E-state index contributed by atoms with van der Waals surface area (Å²) >= 11 is 14.4. The molecule has 0 unspecified atom stereocenters. The number of hydrogen-bond donors (Lipinski definition) is 0. The first-order valence-electron chi connectivity index (χ1n) is 3.52. The SMILES string of the molecule is Fc1c(Cl)cc(C=CCBr)cc1Cl. The first kappa shape index (κ1) is 11.0. The lowest BCUT2D eigenvalue weighted by Crippen LogP contribution is -1.81. The van der Waals surface area contributed by atoms with Crippen molar-refractivity contribution < 1.29 is 4.39 Å². The predicted molar refractivity (Wildman–Crippen MR) is 59.2 cm³/mol. The van der Waals surface area contributed by atoms with Crippen molar-refractivity contribution in [1.29, 1.82) is 0 Å². The summed E-state index contributed by atoms with van der Waals surface area (Å²) in [6, 6.07) is 3.06. The van der Waals surface area contributed by atoms with E-state index in [-0.39, 0.29) is 10.0 Å². The second-order valence-electron chi connectivity index (χ2n) is 2.36. The van der Waals surface area contributed by atoms with Crippen molar-refractivity contribution in [3.8, 4) is 0 Å². The van der Waals surface area contributed by atoms with Crippen LogP contribution in [0.15, 0.2) is 18.2 Å². The van der Waals surface area contributed by atoms with Gasteiger partial charge >= 0.3 is 0 Å². The van der Waals surface area contributed by atoms with Crippen molar-refractivity contribution in [2.45, 2.75) is 0 Å². The maximum Gasteiger partial charge on any atom is 0.160 e. The first-order chi connectivity index (χ1) is 6.15. The van der Waals surface area contributed by atoms with Crippen LogP contribution >= 0.6 is 39.1 Å². The summed E-state index contributed by atoms with van der Waals surface area (Å²) in [5.41, 5.74) is 0.788. The van der Waals surface area contributed by atoms with Crippen molar-refractivity contribution in [3.05, 3.63) is 39.6 Å². The van der Waals surface area contributed by atoms with Crippen LogP contribution in [0.4, 0.5) is 4.39 Å². The Morgan fingerprint density at radius 2 is 1.85 bits per heavy atom. The van der Waals surface area contributed by atoms with Gasteiger partial charge in [0.1, 0.15) is 0 Å². The van der Waals surface area contributed by atoms with E-state index in [2.05, 4.69) is 15.9 Å². The van der Waals surface area contributed by atoms with Gasteiger partial charge in [-0.2, -0.15) is 0 Å². The first-order valence-corrected chi connectivity index (χ1v) is 5.40. The molecule has 0 spiro atoms. The fraction of sp³-hybridized carbons (Fsp3) is 0.111. The Morgan fingerprint density at radius 1 is 1.31 bits per heavy atom. The van der Waals surface area contributed by atoms with Crippen LogP contribution in [0.1, 0.15) is 5.56 Å². The highest BCUT2D eigenvalue weighted by molar-refractivity contribution is 9.09. The third-order valence-electron chi connectivity index (χ3n) is 1.41. The molecule has 0 fully saturated rings. The molecular formula is C9H6BrCl2F. The second-order valence-corrected chi connectivity index (χ2v) is 3.82. The Kier molecular flexibility index (Phi) is 4.23. The highest BCUT2D eigenvalue weighted by atomic mass is 79.9. The number of alkyl halides is 1. The molecule has 0 heterocycles. The topological polar surface area (TPSA) is 0 Å². The highest BCUT2D eigenvalue weighted by Crippen LogP contribution is 2.25. The Morgan fingerprint density at radius 3 is 2.31 bits per heavy atom. The van der Waals surface area contributed by atoms with Crippen molar-refractivity contribution in [3.63, 3.8) is 0 Å². The van der Waals surface area contributed by atoms with Gasteiger partial charge in [0, 0.05) is 5.33 Å². The molecule has 13 heavy (non-hydrogen) atoms. The van der Waals surface area contributed by atoms with E-state index in [1.807, 2.05) is 12.2 Å². The molecule has 1 aromatic rings. The molecule has 0 aromatic heterocycles. The van der Waals surface area contributed by atoms with Gasteiger partial charge in [-0.25, -0.2) is 4.39 Å². The molecule has 0 nitrogen and oxygen atoms in total. The summed E-state index contributed by atoms with van der Waals surface area (Å²) in [7, 11) is 0. The summed E-state index contributed by atoms with van der Waals surface area (Å²) < 4.78 is 12.9. The van der Waals surface area contributed by atoms with Gasteiger partial charge in [-0.1, -0.05) is 51.3 Å². The fourth-order valence-corrected chi connectivity index (χ4v) is 1.54. The monoisotopic (exact) mass is 282 g/mol. The van der Waals surface area contributed by atoms with Crippen LogP contribution in [0.5, 0.6) is 0 Å². The van der Waals surface area contributed by atoms with Crippen LogP contribution in [0.2, 0.25) is 10.0 Å². The third-order valence-corrected chi connectivity index (χ3v) is 2.33. The molecule has 0 atom stereocenters. The lowest BCUT2D eigenvalue weighted by atomic mass is 10.2. The lowest BCUT2D eigenvalue weighted by molar-refractivity contribution is 0.628. The van der Waals surface area contributed by atoms with Crippen LogP contribution < -0.4 is 0 Å². The zero-order valence-electron chi connectivity index (χ0n) is 6.53. The van der Waals surface area contributed by atoms with E-state index in [1.165, 1.54) is 12.1 Å². The van der Waals surface area contributed by atoms with E-state index in [4.69, 9.17) is 23.2 Å². The van der Waals surface area contributed by atoms with Crippen LogP contribution in [0.25, 0.3) is 6.08 Å². The predicted octanol–water partition coefficient (Wildman–Crippen LogP) is 4.54. The molecule has 1 rings (SSSR count). The average Bonchev–Trinajstić information content (AvgIpc) is 2.10. The quantitative estimate of drug-likeness (QED) is 0.552. The Labute approximate surface area is 94.5 Å². The number of rotatable bonds is 2. The van der Waals surface area contributed by atoms with Crippen molar-refractivity contribution in [1.82, 2.24) is 0 Å². The highest BCUT2D eigenvalue weighted by Gasteiger charge is 2.05. The molecule has 0 aliphatic heterocycles. The van der Waals surface area contributed by atoms with Gasteiger partial charge < -0.3 is 0 Å². The minimum atomic E-state index is -0.570. The van der Waals surface area contributed by atoms with Crippen molar-refractivity contribution in [2.75, 3.05) is 5.33 Å². The van der Waals surface area contributed by atoms with Crippen LogP contribution in [0, 0.1) is 5.82 Å². The summed E-state index contributed by atoms with van der Waals surface area (Å²) in [6.07, 6.45) is 3.69. The van der Waals surface area contributed by atoms with Crippen LogP contribution in [0.3, 0.4) is 0 Å². The van der Waals surface area contributed by atoms with Crippen LogP contribution in [-0.4, -0.2) is 5.33 Å². The molecule has 1 aromatic carbocycles. The minimum absolute atomic E-state index is 0.0433. The average molecular weight is 284 g/mol. The molecule has 70 valence electrons. The second kappa shape index (κ2) is 4.99. The maximum atomic E-state index is 12.9. The minimum Gasteiger partial charge on any atom is -0.204 e. The van der Waals surface area contributed by atoms with Gasteiger partial charge in [-0.15, -0.1) is 0 Å². The molecule has 0 saturated heterocycles. The largest absolute Gasteiger partial charge is 0.204 e. The Bertz CT molecular complexity index is 313. The van der Waals surface area contributed by atoms with Gasteiger partial charge in [-0.05, 0) is 17.7 Å².